The number of rotatable bonds is 3. The van der Waals surface area contributed by atoms with Crippen LogP contribution in [0.15, 0.2) is 29.1 Å². The van der Waals surface area contributed by atoms with Crippen molar-refractivity contribution in [3.05, 3.63) is 56.9 Å². The number of piperidine rings is 2. The van der Waals surface area contributed by atoms with Crippen molar-refractivity contribution in [3.8, 4) is 5.69 Å². The quantitative estimate of drug-likeness (QED) is 0.615. The first-order valence-electron chi connectivity index (χ1n) is 12.9. The molecule has 10 heteroatoms. The van der Waals surface area contributed by atoms with Gasteiger partial charge < -0.3 is 15.5 Å². The molecule has 2 fully saturated rings. The van der Waals surface area contributed by atoms with E-state index in [0.29, 0.717) is 13.1 Å². The molecule has 0 bridgehead atoms. The summed E-state index contributed by atoms with van der Waals surface area (Å²) < 4.78 is 1.09. The van der Waals surface area contributed by atoms with Crippen LogP contribution in [0.2, 0.25) is 0 Å². The van der Waals surface area contributed by atoms with Crippen LogP contribution in [0.4, 0.5) is 5.82 Å². The van der Waals surface area contributed by atoms with E-state index in [2.05, 4.69) is 5.32 Å². The summed E-state index contributed by atoms with van der Waals surface area (Å²) in [7, 11) is 0. The Labute approximate surface area is 214 Å². The minimum absolute atomic E-state index is 0.0497. The summed E-state index contributed by atoms with van der Waals surface area (Å²) in [5, 5.41) is 2.15. The molecule has 4 heterocycles. The number of hydrogen-bond donors (Lipinski definition) is 2. The summed E-state index contributed by atoms with van der Waals surface area (Å²) in [5.41, 5.74) is 6.18. The zero-order valence-corrected chi connectivity index (χ0v) is 21.1. The molecule has 2 atom stereocenters. The third kappa shape index (κ3) is 4.30. The van der Waals surface area contributed by atoms with Gasteiger partial charge in [-0.1, -0.05) is 0 Å². The van der Waals surface area contributed by atoms with Crippen LogP contribution in [-0.4, -0.2) is 63.2 Å². The monoisotopic (exact) mass is 505 g/mol. The molecule has 0 radical (unpaired) electrons. The van der Waals surface area contributed by atoms with E-state index in [1.54, 1.807) is 15.9 Å². The number of hydrogen-bond acceptors (Lipinski definition) is 6. The number of benzene rings is 1. The van der Waals surface area contributed by atoms with E-state index >= 15 is 0 Å². The molecular weight excluding hydrogens is 474 g/mol. The van der Waals surface area contributed by atoms with E-state index in [4.69, 9.17) is 5.73 Å². The van der Waals surface area contributed by atoms with E-state index in [1.165, 1.54) is 12.1 Å². The SMILES string of the molecule is CC1CCCCN1C(=O)c1cc(C(=O)N2CCCCC2C)cc(-n2c(N)c3c(cc2=O)C(=O)NC3=O)c1. The van der Waals surface area contributed by atoms with Gasteiger partial charge in [0.15, 0.2) is 0 Å². The first kappa shape index (κ1) is 24.7. The number of amides is 4. The van der Waals surface area contributed by atoms with Crippen molar-refractivity contribution in [3.63, 3.8) is 0 Å². The molecule has 0 aliphatic carbocycles. The normalized spacial score (nSPS) is 21.6. The number of nitrogens with two attached hydrogens (primary N) is 1. The molecular formula is C27H31N5O5. The molecule has 2 saturated heterocycles. The highest BCUT2D eigenvalue weighted by molar-refractivity contribution is 6.23. The molecule has 1 aromatic carbocycles. The average molecular weight is 506 g/mol. The molecule has 3 aliphatic heterocycles. The Morgan fingerprint density at radius 3 is 1.86 bits per heavy atom. The summed E-state index contributed by atoms with van der Waals surface area (Å²) in [6.07, 6.45) is 5.67. The lowest BCUT2D eigenvalue weighted by atomic mass is 9.99. The molecule has 0 spiro atoms. The summed E-state index contributed by atoms with van der Waals surface area (Å²) in [6, 6.07) is 5.79. The van der Waals surface area contributed by atoms with Crippen LogP contribution in [0.1, 0.15) is 93.8 Å². The van der Waals surface area contributed by atoms with Gasteiger partial charge in [-0.05, 0) is 70.6 Å². The van der Waals surface area contributed by atoms with Crippen molar-refractivity contribution >= 4 is 29.4 Å². The maximum atomic E-state index is 13.6. The smallest absolute Gasteiger partial charge is 0.262 e. The Hall–Kier alpha value is -3.95. The van der Waals surface area contributed by atoms with Gasteiger partial charge in [0, 0.05) is 42.4 Å². The lowest BCUT2D eigenvalue weighted by molar-refractivity contribution is 0.0633. The number of carbonyl (C=O) groups is 4. The van der Waals surface area contributed by atoms with Crippen LogP contribution in [0, 0.1) is 0 Å². The number of carbonyl (C=O) groups excluding carboxylic acids is 4. The summed E-state index contributed by atoms with van der Waals surface area (Å²) in [4.78, 5) is 68.4. The van der Waals surface area contributed by atoms with Crippen molar-refractivity contribution in [1.82, 2.24) is 19.7 Å². The molecule has 194 valence electrons. The number of anilines is 1. The topological polar surface area (TPSA) is 135 Å². The maximum Gasteiger partial charge on any atom is 0.262 e. The Morgan fingerprint density at radius 1 is 0.811 bits per heavy atom. The lowest BCUT2D eigenvalue weighted by Crippen LogP contribution is -2.43. The fraction of sp³-hybridized carbons (Fsp3) is 0.444. The van der Waals surface area contributed by atoms with Crippen molar-refractivity contribution in [1.29, 1.82) is 0 Å². The van der Waals surface area contributed by atoms with Crippen LogP contribution in [0.25, 0.3) is 5.69 Å². The number of likely N-dealkylation sites (tertiary alicyclic amines) is 2. The standard InChI is InChI=1S/C27H31N5O5/c1-15-7-3-5-9-30(15)26(36)17-11-18(27(37)31-10-6-4-8-16(31)2)13-19(12-17)32-21(33)14-20-22(23(32)28)25(35)29-24(20)34/h11-16H,3-10,28H2,1-2H3,(H,29,34,35). The van der Waals surface area contributed by atoms with E-state index in [0.717, 1.165) is 49.2 Å². The van der Waals surface area contributed by atoms with E-state index in [1.807, 2.05) is 13.8 Å². The highest BCUT2D eigenvalue weighted by atomic mass is 16.2. The van der Waals surface area contributed by atoms with E-state index in [9.17, 15) is 24.0 Å². The first-order chi connectivity index (χ1) is 17.7. The van der Waals surface area contributed by atoms with Crippen LogP contribution in [-0.2, 0) is 0 Å². The van der Waals surface area contributed by atoms with Gasteiger partial charge in [0.05, 0.1) is 16.8 Å². The third-order valence-electron chi connectivity index (χ3n) is 7.75. The van der Waals surface area contributed by atoms with Crippen LogP contribution >= 0.6 is 0 Å². The molecule has 10 nitrogen and oxygen atoms in total. The van der Waals surface area contributed by atoms with Gasteiger partial charge in [0.1, 0.15) is 5.82 Å². The predicted molar refractivity (Wildman–Crippen MR) is 137 cm³/mol. The third-order valence-corrected chi connectivity index (χ3v) is 7.75. The number of fused-ring (bicyclic) bond motifs is 1. The largest absolute Gasteiger partial charge is 0.384 e. The molecule has 5 rings (SSSR count). The van der Waals surface area contributed by atoms with Gasteiger partial charge in [-0.2, -0.15) is 0 Å². The van der Waals surface area contributed by atoms with Gasteiger partial charge in [0.2, 0.25) is 0 Å². The Morgan fingerprint density at radius 2 is 1.35 bits per heavy atom. The minimum atomic E-state index is -0.695. The lowest BCUT2D eigenvalue weighted by Gasteiger charge is -2.34. The van der Waals surface area contributed by atoms with Crippen molar-refractivity contribution in [2.75, 3.05) is 18.8 Å². The zero-order valence-electron chi connectivity index (χ0n) is 21.1. The molecule has 0 saturated carbocycles. The number of nitrogens with one attached hydrogen (secondary N) is 1. The van der Waals surface area contributed by atoms with Crippen molar-refractivity contribution in [2.24, 2.45) is 0 Å². The van der Waals surface area contributed by atoms with Gasteiger partial charge in [-0.25, -0.2) is 0 Å². The summed E-state index contributed by atoms with van der Waals surface area (Å²) >= 11 is 0. The Bertz CT molecular complexity index is 1330. The number of nitrogens with zero attached hydrogens (tertiary/aromatic N) is 3. The number of nitrogen functional groups attached to an aromatic ring is 1. The summed E-state index contributed by atoms with van der Waals surface area (Å²) in [5.74, 6) is -2.05. The molecule has 37 heavy (non-hydrogen) atoms. The van der Waals surface area contributed by atoms with Crippen molar-refractivity contribution in [2.45, 2.75) is 64.5 Å². The van der Waals surface area contributed by atoms with Gasteiger partial charge in [-0.3, -0.25) is 33.9 Å². The molecule has 3 N–H and O–H groups in total. The highest BCUT2D eigenvalue weighted by Crippen LogP contribution is 2.27. The van der Waals surface area contributed by atoms with Crippen LogP contribution in [0.5, 0.6) is 0 Å². The second kappa shape index (κ2) is 9.49. The maximum absolute atomic E-state index is 13.6. The number of imide groups is 1. The van der Waals surface area contributed by atoms with Gasteiger partial charge in [-0.15, -0.1) is 0 Å². The van der Waals surface area contributed by atoms with Gasteiger partial charge >= 0.3 is 0 Å². The second-order valence-electron chi connectivity index (χ2n) is 10.2. The van der Waals surface area contributed by atoms with E-state index < -0.39 is 17.4 Å². The second-order valence-corrected chi connectivity index (χ2v) is 10.2. The molecule has 3 aliphatic rings. The molecule has 2 unspecified atom stereocenters. The first-order valence-corrected chi connectivity index (χ1v) is 12.9. The van der Waals surface area contributed by atoms with Crippen LogP contribution < -0.4 is 16.6 Å². The molecule has 4 amide bonds. The molecule has 1 aromatic heterocycles. The average Bonchev–Trinajstić information content (AvgIpc) is 3.16. The fourth-order valence-corrected chi connectivity index (χ4v) is 5.66. The predicted octanol–water partition coefficient (Wildman–Crippen LogP) is 2.33. The number of pyridine rings is 1. The van der Waals surface area contributed by atoms with E-state index in [-0.39, 0.29) is 57.7 Å². The molecule has 2 aromatic rings. The Balaban J connectivity index is 1.66. The fourth-order valence-electron chi connectivity index (χ4n) is 5.66. The highest BCUT2D eigenvalue weighted by Gasteiger charge is 2.33. The zero-order chi connectivity index (χ0) is 26.4. The van der Waals surface area contributed by atoms with Gasteiger partial charge in [0.25, 0.3) is 29.2 Å². The van der Waals surface area contributed by atoms with Crippen LogP contribution in [0.3, 0.4) is 0 Å². The number of aromatic nitrogens is 1. The van der Waals surface area contributed by atoms with Crippen molar-refractivity contribution < 1.29 is 19.2 Å². The Kier molecular flexibility index (Phi) is 6.35. The minimum Gasteiger partial charge on any atom is -0.384 e. The summed E-state index contributed by atoms with van der Waals surface area (Å²) in [6.45, 7) is 5.22.